The highest BCUT2D eigenvalue weighted by Crippen LogP contribution is 2.33. The molecule has 0 N–H and O–H groups in total. The number of nitrogens with zero attached hydrogens (tertiary/aromatic N) is 5. The summed E-state index contributed by atoms with van der Waals surface area (Å²) in [6.07, 6.45) is 3.20. The van der Waals surface area contributed by atoms with E-state index in [2.05, 4.69) is 50.5 Å². The van der Waals surface area contributed by atoms with Gasteiger partial charge in [0, 0.05) is 47.7 Å². The highest BCUT2D eigenvalue weighted by atomic mass is 35.5. The van der Waals surface area contributed by atoms with E-state index in [9.17, 15) is 4.79 Å². The van der Waals surface area contributed by atoms with E-state index >= 15 is 0 Å². The lowest BCUT2D eigenvalue weighted by Gasteiger charge is -2.35. The van der Waals surface area contributed by atoms with Gasteiger partial charge >= 0.3 is 0 Å². The Hall–Kier alpha value is -2.64. The van der Waals surface area contributed by atoms with E-state index in [1.165, 1.54) is 11.3 Å². The Balaban J connectivity index is 1.47. The first-order valence-electron chi connectivity index (χ1n) is 8.66. The molecule has 4 aromatic rings. The molecule has 1 aliphatic rings. The van der Waals surface area contributed by atoms with Crippen LogP contribution in [0.25, 0.3) is 16.9 Å². The first-order chi connectivity index (χ1) is 13.1. The van der Waals surface area contributed by atoms with E-state index < -0.39 is 0 Å². The van der Waals surface area contributed by atoms with Crippen molar-refractivity contribution in [3.8, 4) is 11.3 Å². The zero-order valence-electron chi connectivity index (χ0n) is 14.5. The third-order valence-corrected chi connectivity index (χ3v) is 5.93. The van der Waals surface area contributed by atoms with Crippen molar-refractivity contribution in [1.29, 1.82) is 0 Å². The van der Waals surface area contributed by atoms with E-state index in [1.54, 1.807) is 34.3 Å². The second kappa shape index (κ2) is 6.21. The monoisotopic (exact) mass is 397 g/mol. The maximum Gasteiger partial charge on any atom is 0.275 e. The van der Waals surface area contributed by atoms with Gasteiger partial charge in [0.25, 0.3) is 5.91 Å². The maximum absolute atomic E-state index is 13.1. The van der Waals surface area contributed by atoms with Gasteiger partial charge in [-0.3, -0.25) is 4.79 Å². The zero-order chi connectivity index (χ0) is 18.5. The number of amides is 1. The molecule has 0 radical (unpaired) electrons. The lowest BCUT2D eigenvalue weighted by molar-refractivity contribution is 0.0638. The largest absolute Gasteiger partial charge is 0.341 e. The van der Waals surface area contributed by atoms with Crippen LogP contribution in [0.2, 0.25) is 5.02 Å². The Morgan fingerprint density at radius 2 is 2.19 bits per heavy atom. The number of carbonyl (C=O) groups excluding carboxylic acids is 1. The van der Waals surface area contributed by atoms with E-state index in [-0.39, 0.29) is 11.9 Å². The first kappa shape index (κ1) is 16.5. The molecular formula is C19H16ClN5OS. The second-order valence-electron chi connectivity index (χ2n) is 6.59. The van der Waals surface area contributed by atoms with Crippen molar-refractivity contribution in [2.24, 2.45) is 0 Å². The lowest BCUT2D eigenvalue weighted by Crippen LogP contribution is -2.41. The molecule has 0 saturated carbocycles. The van der Waals surface area contributed by atoms with Gasteiger partial charge in [0.2, 0.25) is 0 Å². The van der Waals surface area contributed by atoms with Crippen LogP contribution in [-0.2, 0) is 6.54 Å². The fourth-order valence-electron chi connectivity index (χ4n) is 3.70. The SMILES string of the molecule is CC1c2ccc(-c3ccsc3)n2CCN1C(=O)c1cc2ncc(Cl)cn2n1. The Morgan fingerprint density at radius 3 is 3.00 bits per heavy atom. The van der Waals surface area contributed by atoms with Crippen LogP contribution in [0.5, 0.6) is 0 Å². The van der Waals surface area contributed by atoms with Gasteiger partial charge in [0.05, 0.1) is 17.3 Å². The highest BCUT2D eigenvalue weighted by Gasteiger charge is 2.31. The summed E-state index contributed by atoms with van der Waals surface area (Å²) < 4.78 is 3.85. The summed E-state index contributed by atoms with van der Waals surface area (Å²) in [4.78, 5) is 19.2. The topological polar surface area (TPSA) is 55.4 Å². The number of hydrogen-bond donors (Lipinski definition) is 0. The average molecular weight is 398 g/mol. The molecule has 27 heavy (non-hydrogen) atoms. The summed E-state index contributed by atoms with van der Waals surface area (Å²) in [6, 6.07) is 8.06. The molecule has 0 saturated heterocycles. The minimum Gasteiger partial charge on any atom is -0.341 e. The predicted octanol–water partition coefficient (Wildman–Crippen LogP) is 4.13. The predicted molar refractivity (Wildman–Crippen MR) is 105 cm³/mol. The molecule has 0 aromatic carbocycles. The summed E-state index contributed by atoms with van der Waals surface area (Å²) in [5.41, 5.74) is 4.56. The molecule has 6 nitrogen and oxygen atoms in total. The Morgan fingerprint density at radius 1 is 1.30 bits per heavy atom. The van der Waals surface area contributed by atoms with Crippen LogP contribution < -0.4 is 0 Å². The number of fused-ring (bicyclic) bond motifs is 2. The van der Waals surface area contributed by atoms with Gasteiger partial charge in [-0.1, -0.05) is 11.6 Å². The van der Waals surface area contributed by atoms with Gasteiger partial charge in [-0.05, 0) is 30.5 Å². The van der Waals surface area contributed by atoms with Gasteiger partial charge in [0.15, 0.2) is 11.3 Å². The van der Waals surface area contributed by atoms with Gasteiger partial charge in [-0.25, -0.2) is 9.50 Å². The van der Waals surface area contributed by atoms with Crippen LogP contribution >= 0.6 is 22.9 Å². The summed E-state index contributed by atoms with van der Waals surface area (Å²) in [6.45, 7) is 3.47. The minimum atomic E-state index is -0.0892. The standard InChI is InChI=1S/C19H16ClN5OS/c1-12-16-2-3-17(13-4-7-27-11-13)24(16)6-5-23(12)19(26)15-8-18-21-9-14(20)10-25(18)22-15/h2-4,7-12H,5-6H2,1H3. The molecule has 0 spiro atoms. The Kier molecular flexibility index (Phi) is 3.80. The van der Waals surface area contributed by atoms with E-state index in [0.717, 1.165) is 12.2 Å². The fraction of sp³-hybridized carbons (Fsp3) is 0.211. The molecule has 8 heteroatoms. The number of halogens is 1. The van der Waals surface area contributed by atoms with Crippen LogP contribution in [-0.4, -0.2) is 36.5 Å². The molecule has 5 rings (SSSR count). The molecule has 1 aliphatic heterocycles. The maximum atomic E-state index is 13.1. The third kappa shape index (κ3) is 2.65. The number of rotatable bonds is 2. The van der Waals surface area contributed by atoms with Gasteiger partial charge in [-0.2, -0.15) is 16.4 Å². The van der Waals surface area contributed by atoms with Crippen molar-refractivity contribution in [3.05, 3.63) is 63.8 Å². The number of carbonyl (C=O) groups is 1. The summed E-state index contributed by atoms with van der Waals surface area (Å²) in [5.74, 6) is -0.0892. The molecule has 0 aliphatic carbocycles. The second-order valence-corrected chi connectivity index (χ2v) is 7.80. The first-order valence-corrected chi connectivity index (χ1v) is 9.98. The van der Waals surface area contributed by atoms with Crippen LogP contribution in [0.3, 0.4) is 0 Å². The van der Waals surface area contributed by atoms with Crippen LogP contribution in [0.4, 0.5) is 0 Å². The summed E-state index contributed by atoms with van der Waals surface area (Å²) >= 11 is 7.65. The molecule has 1 unspecified atom stereocenters. The van der Waals surface area contributed by atoms with E-state index in [0.29, 0.717) is 22.9 Å². The van der Waals surface area contributed by atoms with Gasteiger partial charge in [0.1, 0.15) is 0 Å². The van der Waals surface area contributed by atoms with Crippen LogP contribution in [0.15, 0.2) is 47.4 Å². The molecule has 5 heterocycles. The molecule has 1 amide bonds. The molecule has 0 bridgehead atoms. The average Bonchev–Trinajstić information content (AvgIpc) is 3.39. The fourth-order valence-corrected chi connectivity index (χ4v) is 4.49. The molecule has 4 aromatic heterocycles. The third-order valence-electron chi connectivity index (χ3n) is 5.05. The lowest BCUT2D eigenvalue weighted by atomic mass is 10.1. The van der Waals surface area contributed by atoms with E-state index in [4.69, 9.17) is 11.6 Å². The summed E-state index contributed by atoms with van der Waals surface area (Å²) in [5, 5.41) is 9.08. The molecule has 136 valence electrons. The van der Waals surface area contributed by atoms with Gasteiger partial charge < -0.3 is 9.47 Å². The van der Waals surface area contributed by atoms with E-state index in [1.807, 2.05) is 4.90 Å². The quantitative estimate of drug-likeness (QED) is 0.511. The Labute approximate surface area is 164 Å². The number of hydrogen-bond acceptors (Lipinski definition) is 4. The molecule has 0 fully saturated rings. The van der Waals surface area contributed by atoms with Crippen molar-refractivity contribution < 1.29 is 4.79 Å². The zero-order valence-corrected chi connectivity index (χ0v) is 16.1. The van der Waals surface area contributed by atoms with Crippen molar-refractivity contribution >= 4 is 34.5 Å². The van der Waals surface area contributed by atoms with Crippen LogP contribution in [0.1, 0.15) is 29.1 Å². The number of thiophene rings is 1. The normalized spacial score (nSPS) is 16.7. The smallest absolute Gasteiger partial charge is 0.275 e. The van der Waals surface area contributed by atoms with Gasteiger partial charge in [-0.15, -0.1) is 0 Å². The van der Waals surface area contributed by atoms with Crippen molar-refractivity contribution in [2.45, 2.75) is 19.5 Å². The summed E-state index contributed by atoms with van der Waals surface area (Å²) in [7, 11) is 0. The minimum absolute atomic E-state index is 0.0278. The Bertz CT molecular complexity index is 1150. The van der Waals surface area contributed by atoms with Crippen molar-refractivity contribution in [3.63, 3.8) is 0 Å². The molecular weight excluding hydrogens is 382 g/mol. The van der Waals surface area contributed by atoms with Crippen LogP contribution in [0, 0.1) is 0 Å². The van der Waals surface area contributed by atoms with Crippen molar-refractivity contribution in [1.82, 2.24) is 24.1 Å². The highest BCUT2D eigenvalue weighted by molar-refractivity contribution is 7.08. The number of aromatic nitrogens is 4. The van der Waals surface area contributed by atoms with Crippen molar-refractivity contribution in [2.75, 3.05) is 6.54 Å². The molecule has 1 atom stereocenters.